The number of halogens is 1. The summed E-state index contributed by atoms with van der Waals surface area (Å²) < 4.78 is 12.5. The molecule has 0 saturated carbocycles. The lowest BCUT2D eigenvalue weighted by Gasteiger charge is -2.31. The molecule has 1 aromatic heterocycles. The molecule has 102 valence electrons. The van der Waals surface area contributed by atoms with E-state index in [-0.39, 0.29) is 6.10 Å². The van der Waals surface area contributed by atoms with Crippen molar-refractivity contribution in [1.29, 1.82) is 0 Å². The SMILES string of the molecule is CCCNC(Cc1ccc(Br)s1)C1COCCO1. The summed E-state index contributed by atoms with van der Waals surface area (Å²) in [7, 11) is 0. The average molecular weight is 334 g/mol. The molecule has 0 aliphatic carbocycles. The summed E-state index contributed by atoms with van der Waals surface area (Å²) in [5.74, 6) is 0. The van der Waals surface area contributed by atoms with Crippen molar-refractivity contribution in [3.05, 3.63) is 20.8 Å². The van der Waals surface area contributed by atoms with E-state index in [9.17, 15) is 0 Å². The largest absolute Gasteiger partial charge is 0.376 e. The normalized spacial score (nSPS) is 22.0. The van der Waals surface area contributed by atoms with Crippen LogP contribution in [-0.2, 0) is 15.9 Å². The van der Waals surface area contributed by atoms with Gasteiger partial charge < -0.3 is 14.8 Å². The number of ether oxygens (including phenoxy) is 2. The quantitative estimate of drug-likeness (QED) is 0.868. The number of hydrogen-bond donors (Lipinski definition) is 1. The molecule has 0 aromatic carbocycles. The fourth-order valence-electron chi connectivity index (χ4n) is 2.08. The Hall–Kier alpha value is 0.0600. The van der Waals surface area contributed by atoms with Crippen molar-refractivity contribution >= 4 is 27.3 Å². The predicted octanol–water partition coefficient (Wildman–Crippen LogP) is 2.84. The molecule has 1 aliphatic heterocycles. The molecule has 1 aliphatic rings. The Bertz CT molecular complexity index is 353. The summed E-state index contributed by atoms with van der Waals surface area (Å²) in [5, 5.41) is 3.58. The predicted molar refractivity (Wildman–Crippen MR) is 78.4 cm³/mol. The van der Waals surface area contributed by atoms with Crippen LogP contribution in [0.1, 0.15) is 18.2 Å². The summed E-state index contributed by atoms with van der Waals surface area (Å²) in [4.78, 5) is 1.38. The van der Waals surface area contributed by atoms with Crippen LogP contribution in [0.2, 0.25) is 0 Å². The van der Waals surface area contributed by atoms with Crippen LogP contribution in [0.3, 0.4) is 0 Å². The van der Waals surface area contributed by atoms with Crippen LogP contribution >= 0.6 is 27.3 Å². The van der Waals surface area contributed by atoms with Crippen LogP contribution in [0.15, 0.2) is 15.9 Å². The van der Waals surface area contributed by atoms with E-state index in [1.807, 2.05) is 0 Å². The topological polar surface area (TPSA) is 30.5 Å². The highest BCUT2D eigenvalue weighted by molar-refractivity contribution is 9.11. The van der Waals surface area contributed by atoms with Crippen molar-refractivity contribution in [2.45, 2.75) is 31.9 Å². The second-order valence-corrected chi connectivity index (χ2v) is 7.00. The first-order valence-corrected chi connectivity index (χ1v) is 8.07. The number of hydrogen-bond acceptors (Lipinski definition) is 4. The van der Waals surface area contributed by atoms with Gasteiger partial charge in [-0.1, -0.05) is 6.92 Å². The van der Waals surface area contributed by atoms with Crippen molar-refractivity contribution < 1.29 is 9.47 Å². The second kappa shape index (κ2) is 7.60. The van der Waals surface area contributed by atoms with Gasteiger partial charge in [0.2, 0.25) is 0 Å². The minimum Gasteiger partial charge on any atom is -0.376 e. The third-order valence-corrected chi connectivity index (χ3v) is 4.64. The molecule has 2 unspecified atom stereocenters. The fourth-order valence-corrected chi connectivity index (χ4v) is 3.62. The number of nitrogens with one attached hydrogen (secondary N) is 1. The van der Waals surface area contributed by atoms with E-state index >= 15 is 0 Å². The summed E-state index contributed by atoms with van der Waals surface area (Å²) in [5.41, 5.74) is 0. The molecule has 5 heteroatoms. The molecule has 2 heterocycles. The van der Waals surface area contributed by atoms with Gasteiger partial charge in [0.25, 0.3) is 0 Å². The first kappa shape index (κ1) is 14.5. The Labute approximate surface area is 121 Å². The lowest BCUT2D eigenvalue weighted by molar-refractivity contribution is -0.101. The van der Waals surface area contributed by atoms with Gasteiger partial charge in [-0.25, -0.2) is 0 Å². The molecular weight excluding hydrogens is 314 g/mol. The van der Waals surface area contributed by atoms with Crippen LogP contribution in [-0.4, -0.2) is 38.5 Å². The summed E-state index contributed by atoms with van der Waals surface area (Å²) in [6.07, 6.45) is 2.31. The Morgan fingerprint density at radius 2 is 2.39 bits per heavy atom. The molecule has 2 rings (SSSR count). The summed E-state index contributed by atoms with van der Waals surface area (Å²) in [6.45, 7) is 5.35. The maximum Gasteiger partial charge on any atom is 0.0965 e. The molecule has 18 heavy (non-hydrogen) atoms. The van der Waals surface area contributed by atoms with Gasteiger partial charge in [-0.05, 0) is 47.4 Å². The van der Waals surface area contributed by atoms with Crippen molar-refractivity contribution in [3.63, 3.8) is 0 Å². The van der Waals surface area contributed by atoms with E-state index in [1.54, 1.807) is 11.3 Å². The lowest BCUT2D eigenvalue weighted by atomic mass is 10.1. The molecule has 3 nitrogen and oxygen atoms in total. The summed E-state index contributed by atoms with van der Waals surface area (Å²) in [6, 6.07) is 4.63. The average Bonchev–Trinajstić information content (AvgIpc) is 2.81. The Balaban J connectivity index is 1.94. The highest BCUT2D eigenvalue weighted by Gasteiger charge is 2.25. The van der Waals surface area contributed by atoms with Crippen LogP contribution in [0.25, 0.3) is 0 Å². The van der Waals surface area contributed by atoms with Gasteiger partial charge in [-0.3, -0.25) is 0 Å². The molecule has 1 N–H and O–H groups in total. The van der Waals surface area contributed by atoms with Gasteiger partial charge in [0, 0.05) is 10.9 Å². The fraction of sp³-hybridized carbons (Fsp3) is 0.692. The highest BCUT2D eigenvalue weighted by Crippen LogP contribution is 2.24. The molecule has 0 amide bonds. The molecule has 1 saturated heterocycles. The minimum atomic E-state index is 0.172. The monoisotopic (exact) mass is 333 g/mol. The van der Waals surface area contributed by atoms with Gasteiger partial charge in [0.1, 0.15) is 0 Å². The Morgan fingerprint density at radius 1 is 1.50 bits per heavy atom. The Morgan fingerprint density at radius 3 is 3.00 bits per heavy atom. The third kappa shape index (κ3) is 4.31. The van der Waals surface area contributed by atoms with Crippen LogP contribution < -0.4 is 5.32 Å². The van der Waals surface area contributed by atoms with Crippen LogP contribution in [0, 0.1) is 0 Å². The van der Waals surface area contributed by atoms with Crippen molar-refractivity contribution in [2.75, 3.05) is 26.4 Å². The Kier molecular flexibility index (Phi) is 6.11. The van der Waals surface area contributed by atoms with Gasteiger partial charge in [-0.15, -0.1) is 11.3 Å². The smallest absolute Gasteiger partial charge is 0.0965 e. The summed E-state index contributed by atoms with van der Waals surface area (Å²) >= 11 is 5.31. The van der Waals surface area contributed by atoms with Crippen LogP contribution in [0.4, 0.5) is 0 Å². The van der Waals surface area contributed by atoms with E-state index in [1.165, 1.54) is 8.66 Å². The standard InChI is InChI=1S/C13H20BrNO2S/c1-2-5-15-11(12-9-16-6-7-17-12)8-10-3-4-13(14)18-10/h3-4,11-12,15H,2,5-9H2,1H3. The van der Waals surface area contributed by atoms with Crippen LogP contribution in [0.5, 0.6) is 0 Å². The maximum atomic E-state index is 5.82. The highest BCUT2D eigenvalue weighted by atomic mass is 79.9. The number of rotatable bonds is 6. The molecule has 1 fully saturated rings. The van der Waals surface area contributed by atoms with Crippen molar-refractivity contribution in [2.24, 2.45) is 0 Å². The molecule has 0 bridgehead atoms. The molecule has 0 spiro atoms. The minimum absolute atomic E-state index is 0.172. The van der Waals surface area contributed by atoms with E-state index in [0.717, 1.165) is 26.0 Å². The lowest BCUT2D eigenvalue weighted by Crippen LogP contribution is -2.48. The molecular formula is C13H20BrNO2S. The first-order valence-electron chi connectivity index (χ1n) is 6.46. The van der Waals surface area contributed by atoms with Gasteiger partial charge >= 0.3 is 0 Å². The zero-order chi connectivity index (χ0) is 12.8. The van der Waals surface area contributed by atoms with E-state index in [2.05, 4.69) is 40.3 Å². The second-order valence-electron chi connectivity index (χ2n) is 4.45. The number of thiophene rings is 1. The van der Waals surface area contributed by atoms with Gasteiger partial charge in [0.15, 0.2) is 0 Å². The van der Waals surface area contributed by atoms with Gasteiger partial charge in [0.05, 0.1) is 29.7 Å². The van der Waals surface area contributed by atoms with Crippen molar-refractivity contribution in [1.82, 2.24) is 5.32 Å². The van der Waals surface area contributed by atoms with Crippen molar-refractivity contribution in [3.8, 4) is 0 Å². The van der Waals surface area contributed by atoms with E-state index in [0.29, 0.717) is 19.3 Å². The third-order valence-electron chi connectivity index (χ3n) is 3.00. The van der Waals surface area contributed by atoms with E-state index in [4.69, 9.17) is 9.47 Å². The molecule has 0 radical (unpaired) electrons. The van der Waals surface area contributed by atoms with E-state index < -0.39 is 0 Å². The molecule has 1 aromatic rings. The maximum absolute atomic E-state index is 5.82. The zero-order valence-electron chi connectivity index (χ0n) is 10.7. The molecule has 2 atom stereocenters. The first-order chi connectivity index (χ1) is 8.79. The van der Waals surface area contributed by atoms with Gasteiger partial charge in [-0.2, -0.15) is 0 Å². The zero-order valence-corrected chi connectivity index (χ0v) is 13.1.